The van der Waals surface area contributed by atoms with Crippen LogP contribution in [-0.2, 0) is 22.5 Å². The summed E-state index contributed by atoms with van der Waals surface area (Å²) in [6, 6.07) is 15.4. The Morgan fingerprint density at radius 1 is 1.09 bits per heavy atom. The number of aryl methyl sites for hydroxylation is 1. The van der Waals surface area contributed by atoms with Gasteiger partial charge in [-0.05, 0) is 42.8 Å². The van der Waals surface area contributed by atoms with Crippen molar-refractivity contribution in [2.45, 2.75) is 19.9 Å². The highest BCUT2D eigenvalue weighted by Gasteiger charge is 2.15. The summed E-state index contributed by atoms with van der Waals surface area (Å²) in [4.78, 5) is 32.2. The molecule has 4 heterocycles. The number of anilines is 1. The molecule has 2 N–H and O–H groups in total. The quantitative estimate of drug-likeness (QED) is 0.476. The number of amides is 1. The Morgan fingerprint density at radius 2 is 1.94 bits per heavy atom. The third kappa shape index (κ3) is 4.92. The highest BCUT2D eigenvalue weighted by atomic mass is 16.5. The summed E-state index contributed by atoms with van der Waals surface area (Å²) in [5.74, 6) is 1.19. The summed E-state index contributed by atoms with van der Waals surface area (Å²) in [5.41, 5.74) is 5.33. The number of carbonyl (C=O) groups is 1. The molecule has 0 unspecified atom stereocenters. The van der Waals surface area contributed by atoms with E-state index in [9.17, 15) is 4.79 Å². The SMILES string of the molecule is Cc1ncccc1-c1nc2c(CC(=O)Nc3cccc(CN4CCOCC4)n3)cccc2[nH]1. The van der Waals surface area contributed by atoms with E-state index in [0.717, 1.165) is 72.2 Å². The molecule has 1 fully saturated rings. The molecule has 1 aromatic carbocycles. The van der Waals surface area contributed by atoms with Crippen molar-refractivity contribution in [2.24, 2.45) is 0 Å². The molecule has 1 aliphatic rings. The number of hydrogen-bond acceptors (Lipinski definition) is 6. The van der Waals surface area contributed by atoms with Gasteiger partial charge in [0.2, 0.25) is 5.91 Å². The number of carbonyl (C=O) groups excluding carboxylic acids is 1. The number of para-hydroxylation sites is 1. The molecule has 0 atom stereocenters. The molecule has 8 nitrogen and oxygen atoms in total. The number of morpholine rings is 1. The molecule has 3 aromatic heterocycles. The van der Waals surface area contributed by atoms with Crippen LogP contribution in [-0.4, -0.2) is 57.0 Å². The van der Waals surface area contributed by atoms with Crippen LogP contribution in [0.4, 0.5) is 5.82 Å². The lowest BCUT2D eigenvalue weighted by atomic mass is 10.1. The van der Waals surface area contributed by atoms with Crippen molar-refractivity contribution in [1.29, 1.82) is 0 Å². The summed E-state index contributed by atoms with van der Waals surface area (Å²) < 4.78 is 5.40. The zero-order valence-corrected chi connectivity index (χ0v) is 18.5. The summed E-state index contributed by atoms with van der Waals surface area (Å²) in [7, 11) is 0. The van der Waals surface area contributed by atoms with Gasteiger partial charge in [-0.2, -0.15) is 0 Å². The fourth-order valence-corrected chi connectivity index (χ4v) is 4.08. The van der Waals surface area contributed by atoms with E-state index in [0.29, 0.717) is 5.82 Å². The molecule has 4 aromatic rings. The fourth-order valence-electron chi connectivity index (χ4n) is 4.08. The first kappa shape index (κ1) is 21.2. The van der Waals surface area contributed by atoms with E-state index < -0.39 is 0 Å². The molecule has 1 amide bonds. The van der Waals surface area contributed by atoms with Crippen molar-refractivity contribution in [1.82, 2.24) is 24.8 Å². The van der Waals surface area contributed by atoms with Crippen molar-refractivity contribution >= 4 is 22.8 Å². The molecular weight excluding hydrogens is 416 g/mol. The molecule has 8 heteroatoms. The van der Waals surface area contributed by atoms with Crippen LogP contribution in [0.2, 0.25) is 0 Å². The topological polar surface area (TPSA) is 96.0 Å². The molecule has 5 rings (SSSR count). The minimum absolute atomic E-state index is 0.124. The van der Waals surface area contributed by atoms with E-state index in [1.165, 1.54) is 0 Å². The molecular formula is C25H26N6O2. The standard InChI is InChI=1S/C25H26N6O2/c1-17-20(7-4-10-26-17)25-28-21-8-2-5-18(24(21)30-25)15-23(32)29-22-9-3-6-19(27-22)16-31-11-13-33-14-12-31/h2-10H,11-16H2,1H3,(H,28,30)(H,27,29,32). The Kier molecular flexibility index (Phi) is 6.10. The van der Waals surface area contributed by atoms with Crippen molar-refractivity contribution in [2.75, 3.05) is 31.6 Å². The number of nitrogens with zero attached hydrogens (tertiary/aromatic N) is 4. The average Bonchev–Trinajstić information content (AvgIpc) is 3.25. The number of benzene rings is 1. The lowest BCUT2D eigenvalue weighted by molar-refractivity contribution is -0.115. The molecule has 33 heavy (non-hydrogen) atoms. The third-order valence-electron chi connectivity index (χ3n) is 5.77. The van der Waals surface area contributed by atoms with E-state index >= 15 is 0 Å². The highest BCUT2D eigenvalue weighted by Crippen LogP contribution is 2.24. The van der Waals surface area contributed by atoms with Crippen LogP contribution in [0.3, 0.4) is 0 Å². The first-order valence-corrected chi connectivity index (χ1v) is 11.1. The van der Waals surface area contributed by atoms with E-state index in [1.54, 1.807) is 6.20 Å². The molecule has 0 bridgehead atoms. The molecule has 1 aliphatic heterocycles. The lowest BCUT2D eigenvalue weighted by Gasteiger charge is -2.26. The van der Waals surface area contributed by atoms with Gasteiger partial charge in [0.15, 0.2) is 0 Å². The maximum absolute atomic E-state index is 12.8. The number of aromatic nitrogens is 4. The molecule has 0 radical (unpaired) electrons. The van der Waals surface area contributed by atoms with Gasteiger partial charge in [0.05, 0.1) is 36.4 Å². The smallest absolute Gasteiger partial charge is 0.230 e. The number of imidazole rings is 1. The predicted octanol–water partition coefficient (Wildman–Crippen LogP) is 3.34. The monoisotopic (exact) mass is 442 g/mol. The first-order chi connectivity index (χ1) is 16.2. The second kappa shape index (κ2) is 9.48. The first-order valence-electron chi connectivity index (χ1n) is 11.1. The minimum atomic E-state index is -0.124. The average molecular weight is 443 g/mol. The van der Waals surface area contributed by atoms with Crippen LogP contribution < -0.4 is 5.32 Å². The largest absolute Gasteiger partial charge is 0.379 e. The van der Waals surface area contributed by atoms with Gasteiger partial charge in [0.25, 0.3) is 0 Å². The molecule has 0 spiro atoms. The van der Waals surface area contributed by atoms with Crippen LogP contribution in [0.1, 0.15) is 17.0 Å². The Balaban J connectivity index is 1.30. The number of H-pyrrole nitrogens is 1. The Bertz CT molecular complexity index is 1280. The number of rotatable bonds is 6. The van der Waals surface area contributed by atoms with E-state index in [2.05, 4.69) is 25.2 Å². The molecule has 0 aliphatic carbocycles. The second-order valence-electron chi connectivity index (χ2n) is 8.16. The minimum Gasteiger partial charge on any atom is -0.379 e. The summed E-state index contributed by atoms with van der Waals surface area (Å²) in [5, 5.41) is 2.94. The van der Waals surface area contributed by atoms with Gasteiger partial charge in [-0.15, -0.1) is 0 Å². The van der Waals surface area contributed by atoms with E-state index in [4.69, 9.17) is 9.72 Å². The van der Waals surface area contributed by atoms with Gasteiger partial charge >= 0.3 is 0 Å². The van der Waals surface area contributed by atoms with Gasteiger partial charge < -0.3 is 15.0 Å². The maximum atomic E-state index is 12.8. The Hall–Kier alpha value is -3.62. The number of hydrogen-bond donors (Lipinski definition) is 2. The van der Waals surface area contributed by atoms with Crippen LogP contribution in [0.25, 0.3) is 22.4 Å². The highest BCUT2D eigenvalue weighted by molar-refractivity contribution is 5.94. The van der Waals surface area contributed by atoms with Crippen LogP contribution in [0.15, 0.2) is 54.7 Å². The fraction of sp³-hybridized carbons (Fsp3) is 0.280. The number of nitrogens with one attached hydrogen (secondary N) is 2. The number of aromatic amines is 1. The second-order valence-corrected chi connectivity index (χ2v) is 8.16. The van der Waals surface area contributed by atoms with Gasteiger partial charge in [0, 0.05) is 37.1 Å². The zero-order chi connectivity index (χ0) is 22.6. The zero-order valence-electron chi connectivity index (χ0n) is 18.5. The summed E-state index contributed by atoms with van der Waals surface area (Å²) in [6.45, 7) is 5.99. The van der Waals surface area contributed by atoms with Gasteiger partial charge in [-0.1, -0.05) is 18.2 Å². The van der Waals surface area contributed by atoms with Gasteiger partial charge in [-0.3, -0.25) is 14.7 Å². The van der Waals surface area contributed by atoms with Crippen molar-refractivity contribution in [3.8, 4) is 11.4 Å². The van der Waals surface area contributed by atoms with Crippen molar-refractivity contribution in [3.05, 3.63) is 71.7 Å². The van der Waals surface area contributed by atoms with E-state index in [-0.39, 0.29) is 12.3 Å². The van der Waals surface area contributed by atoms with Gasteiger partial charge in [0.1, 0.15) is 11.6 Å². The van der Waals surface area contributed by atoms with Gasteiger partial charge in [-0.25, -0.2) is 9.97 Å². The third-order valence-corrected chi connectivity index (χ3v) is 5.77. The lowest BCUT2D eigenvalue weighted by Crippen LogP contribution is -2.35. The Labute approximate surface area is 192 Å². The van der Waals surface area contributed by atoms with Crippen LogP contribution >= 0.6 is 0 Å². The number of ether oxygens (including phenoxy) is 1. The van der Waals surface area contributed by atoms with Crippen molar-refractivity contribution < 1.29 is 9.53 Å². The molecule has 168 valence electrons. The van der Waals surface area contributed by atoms with Crippen LogP contribution in [0, 0.1) is 6.92 Å². The van der Waals surface area contributed by atoms with Crippen LogP contribution in [0.5, 0.6) is 0 Å². The number of pyridine rings is 2. The number of fused-ring (bicyclic) bond motifs is 1. The molecule has 1 saturated heterocycles. The Morgan fingerprint density at radius 3 is 2.79 bits per heavy atom. The predicted molar refractivity (Wildman–Crippen MR) is 127 cm³/mol. The molecule has 0 saturated carbocycles. The van der Waals surface area contributed by atoms with Crippen molar-refractivity contribution in [3.63, 3.8) is 0 Å². The summed E-state index contributed by atoms with van der Waals surface area (Å²) in [6.07, 6.45) is 1.98. The normalized spacial score (nSPS) is 14.5. The maximum Gasteiger partial charge on any atom is 0.230 e. The summed E-state index contributed by atoms with van der Waals surface area (Å²) >= 11 is 0. The van der Waals surface area contributed by atoms with E-state index in [1.807, 2.05) is 55.5 Å².